The topological polar surface area (TPSA) is 9.86 Å². The van der Waals surface area contributed by atoms with Gasteiger partial charge in [0.25, 0.3) is 0 Å². The van der Waals surface area contributed by atoms with Crippen LogP contribution in [0.15, 0.2) is 243 Å². The summed E-state index contributed by atoms with van der Waals surface area (Å²) < 4.78 is 4.95. The zero-order valence-corrected chi connectivity index (χ0v) is 34.5. The molecule has 294 valence electrons. The Hall–Kier alpha value is -8.20. The van der Waals surface area contributed by atoms with Gasteiger partial charge >= 0.3 is 0 Å². The van der Waals surface area contributed by atoms with E-state index in [9.17, 15) is 0 Å². The van der Waals surface area contributed by atoms with Gasteiger partial charge < -0.3 is 9.13 Å². The highest BCUT2D eigenvalue weighted by Gasteiger charge is 2.48. The van der Waals surface area contributed by atoms with Crippen LogP contribution in [-0.4, -0.2) is 9.13 Å². The van der Waals surface area contributed by atoms with Gasteiger partial charge in [0.1, 0.15) is 0 Å². The Morgan fingerprint density at radius 1 is 0.286 bits per heavy atom. The number of hydrogen-bond donors (Lipinski definition) is 0. The number of hydrogen-bond acceptors (Lipinski definition) is 0. The van der Waals surface area contributed by atoms with Gasteiger partial charge in [-0.1, -0.05) is 188 Å². The molecule has 0 unspecified atom stereocenters. The van der Waals surface area contributed by atoms with Crippen molar-refractivity contribution in [3.63, 3.8) is 0 Å². The van der Waals surface area contributed by atoms with Crippen molar-refractivity contribution >= 4 is 43.6 Å². The van der Waals surface area contributed by atoms with E-state index in [2.05, 4.69) is 252 Å². The molecule has 0 bridgehead atoms. The fourth-order valence-electron chi connectivity index (χ4n) is 10.9. The second-order valence-electron chi connectivity index (χ2n) is 16.8. The highest BCUT2D eigenvalue weighted by atomic mass is 15.0. The molecule has 0 N–H and O–H groups in total. The lowest BCUT2D eigenvalue weighted by Gasteiger charge is -2.34. The van der Waals surface area contributed by atoms with Gasteiger partial charge in [0.15, 0.2) is 0 Å². The molecule has 2 nitrogen and oxygen atoms in total. The van der Waals surface area contributed by atoms with Crippen molar-refractivity contribution in [3.8, 4) is 44.8 Å². The first-order valence-corrected chi connectivity index (χ1v) is 21.8. The van der Waals surface area contributed by atoms with Crippen molar-refractivity contribution in [1.29, 1.82) is 0 Å². The first-order chi connectivity index (χ1) is 31.3. The third-order valence-electron chi connectivity index (χ3n) is 13.6. The molecule has 0 radical (unpaired) electrons. The maximum absolute atomic E-state index is 2.56. The lowest BCUT2D eigenvalue weighted by molar-refractivity contribution is 0.772. The van der Waals surface area contributed by atoms with Gasteiger partial charge in [0.05, 0.1) is 27.5 Å². The van der Waals surface area contributed by atoms with Crippen molar-refractivity contribution < 1.29 is 0 Å². The maximum Gasteiger partial charge on any atom is 0.0734 e. The zero-order valence-electron chi connectivity index (χ0n) is 34.5. The van der Waals surface area contributed by atoms with E-state index in [-0.39, 0.29) is 0 Å². The molecular formula is C61H40N2. The summed E-state index contributed by atoms with van der Waals surface area (Å²) in [5.74, 6) is 0. The Labute approximate surface area is 366 Å². The molecule has 0 saturated carbocycles. The van der Waals surface area contributed by atoms with Gasteiger partial charge in [-0.2, -0.15) is 0 Å². The van der Waals surface area contributed by atoms with E-state index >= 15 is 0 Å². The molecule has 2 aromatic heterocycles. The molecule has 12 aromatic rings. The molecule has 63 heavy (non-hydrogen) atoms. The van der Waals surface area contributed by atoms with Gasteiger partial charge in [0.2, 0.25) is 0 Å². The highest BCUT2D eigenvalue weighted by molar-refractivity contribution is 6.15. The molecule has 10 aromatic carbocycles. The minimum atomic E-state index is -0.571. The fourth-order valence-corrected chi connectivity index (χ4v) is 10.9. The minimum Gasteiger partial charge on any atom is -0.309 e. The summed E-state index contributed by atoms with van der Waals surface area (Å²) in [6.45, 7) is 0. The molecule has 0 saturated heterocycles. The smallest absolute Gasteiger partial charge is 0.0734 e. The molecule has 2 heterocycles. The summed E-state index contributed by atoms with van der Waals surface area (Å²) >= 11 is 0. The number of nitrogens with zero attached hydrogens (tertiary/aromatic N) is 2. The van der Waals surface area contributed by atoms with Crippen LogP contribution in [0.4, 0.5) is 0 Å². The van der Waals surface area contributed by atoms with E-state index in [1.165, 1.54) is 105 Å². The zero-order chi connectivity index (χ0) is 41.5. The first kappa shape index (κ1) is 35.5. The van der Waals surface area contributed by atoms with E-state index in [4.69, 9.17) is 0 Å². The molecular weight excluding hydrogens is 761 g/mol. The molecule has 0 amide bonds. The van der Waals surface area contributed by atoms with Crippen molar-refractivity contribution in [2.45, 2.75) is 5.41 Å². The van der Waals surface area contributed by atoms with Crippen LogP contribution in [0.5, 0.6) is 0 Å². The predicted molar refractivity (Wildman–Crippen MR) is 263 cm³/mol. The molecule has 0 atom stereocenters. The Kier molecular flexibility index (Phi) is 7.85. The molecule has 0 fully saturated rings. The lowest BCUT2D eigenvalue weighted by Crippen LogP contribution is -2.29. The molecule has 0 aliphatic heterocycles. The third kappa shape index (κ3) is 5.19. The van der Waals surface area contributed by atoms with Crippen LogP contribution >= 0.6 is 0 Å². The average molecular weight is 801 g/mol. The van der Waals surface area contributed by atoms with Crippen LogP contribution in [-0.2, 0) is 5.41 Å². The Morgan fingerprint density at radius 3 is 1.52 bits per heavy atom. The number of rotatable bonds is 6. The fraction of sp³-hybridized carbons (Fsp3) is 0.0164. The molecule has 2 heteroatoms. The Morgan fingerprint density at radius 2 is 0.810 bits per heavy atom. The summed E-state index contributed by atoms with van der Waals surface area (Å²) in [4.78, 5) is 0. The van der Waals surface area contributed by atoms with Crippen LogP contribution in [0.3, 0.4) is 0 Å². The van der Waals surface area contributed by atoms with Crippen LogP contribution in [0, 0.1) is 0 Å². The van der Waals surface area contributed by atoms with Crippen molar-refractivity contribution in [3.05, 3.63) is 265 Å². The Balaban J connectivity index is 1.13. The number of benzene rings is 10. The predicted octanol–water partition coefficient (Wildman–Crippen LogP) is 15.6. The van der Waals surface area contributed by atoms with E-state index < -0.39 is 5.41 Å². The lowest BCUT2D eigenvalue weighted by atomic mass is 9.67. The minimum absolute atomic E-state index is 0.571. The summed E-state index contributed by atoms with van der Waals surface area (Å²) in [6, 6.07) is 89.6. The van der Waals surface area contributed by atoms with Gasteiger partial charge in [0, 0.05) is 38.5 Å². The second kappa shape index (κ2) is 13.9. The van der Waals surface area contributed by atoms with E-state index in [0.29, 0.717) is 0 Å². The molecule has 1 aliphatic carbocycles. The van der Waals surface area contributed by atoms with Crippen molar-refractivity contribution in [2.75, 3.05) is 0 Å². The van der Waals surface area contributed by atoms with Gasteiger partial charge in [-0.15, -0.1) is 0 Å². The normalized spacial score (nSPS) is 12.9. The largest absolute Gasteiger partial charge is 0.309 e. The van der Waals surface area contributed by atoms with Crippen molar-refractivity contribution in [2.24, 2.45) is 0 Å². The summed E-state index contributed by atoms with van der Waals surface area (Å²) in [5, 5.41) is 4.97. The summed E-state index contributed by atoms with van der Waals surface area (Å²) in [6.07, 6.45) is 0. The van der Waals surface area contributed by atoms with Crippen LogP contribution in [0.25, 0.3) is 88.4 Å². The Bertz CT molecular complexity index is 3670. The van der Waals surface area contributed by atoms with E-state index in [0.717, 1.165) is 5.69 Å². The number of para-hydroxylation sites is 2. The number of aromatic nitrogens is 2. The van der Waals surface area contributed by atoms with E-state index in [1.807, 2.05) is 0 Å². The second-order valence-corrected chi connectivity index (χ2v) is 16.8. The van der Waals surface area contributed by atoms with Gasteiger partial charge in [-0.25, -0.2) is 0 Å². The quantitative estimate of drug-likeness (QED) is 0.159. The summed E-state index contributed by atoms with van der Waals surface area (Å²) in [7, 11) is 0. The van der Waals surface area contributed by atoms with Crippen molar-refractivity contribution in [1.82, 2.24) is 9.13 Å². The maximum atomic E-state index is 2.56. The first-order valence-electron chi connectivity index (χ1n) is 21.8. The average Bonchev–Trinajstić information content (AvgIpc) is 3.99. The number of fused-ring (bicyclic) bond motifs is 10. The summed E-state index contributed by atoms with van der Waals surface area (Å²) in [5.41, 5.74) is 19.0. The molecule has 13 rings (SSSR count). The van der Waals surface area contributed by atoms with Crippen LogP contribution < -0.4 is 0 Å². The molecule has 0 spiro atoms. The SMILES string of the molecule is c1ccc(-c2cccc(-n3c4ccc(-c5ccc6c(c5)c5ccccc5n6-c5ccccc5)cc4c4ccc5c(c43)C(c3ccccc3)(c3ccccc3)c3ccccc3-5)c2)cc1. The standard InChI is InChI=1S/C61H40N2/c1-5-18-41(19-6-1)42-20-17-27-48(38-42)63-58-37-33-44(43-32-36-57-53(39-43)50-29-14-16-31-56(50)62(57)47-25-11-4-12-26-47)40-54(58)52-35-34-51-49-28-13-15-30-55(49)61(59(51)60(52)63,45-21-7-2-8-22-45)46-23-9-3-10-24-46/h1-40H. The van der Waals surface area contributed by atoms with Crippen LogP contribution in [0.2, 0.25) is 0 Å². The third-order valence-corrected chi connectivity index (χ3v) is 13.6. The molecule has 1 aliphatic rings. The monoisotopic (exact) mass is 800 g/mol. The van der Waals surface area contributed by atoms with Gasteiger partial charge in [-0.3, -0.25) is 0 Å². The van der Waals surface area contributed by atoms with E-state index in [1.54, 1.807) is 0 Å². The highest BCUT2D eigenvalue weighted by Crippen LogP contribution is 2.59. The van der Waals surface area contributed by atoms with Gasteiger partial charge in [-0.05, 0) is 105 Å². The van der Waals surface area contributed by atoms with Crippen LogP contribution in [0.1, 0.15) is 22.3 Å².